The Morgan fingerprint density at radius 3 is 2.61 bits per heavy atom. The summed E-state index contributed by atoms with van der Waals surface area (Å²) < 4.78 is 5.71. The number of para-hydroxylation sites is 3. The summed E-state index contributed by atoms with van der Waals surface area (Å²) in [6.07, 6.45) is 0. The molecule has 0 spiro atoms. The van der Waals surface area contributed by atoms with E-state index in [0.29, 0.717) is 29.3 Å². The largest absolute Gasteiger partial charge is 0.423 e. The van der Waals surface area contributed by atoms with E-state index in [2.05, 4.69) is 15.0 Å². The number of rotatable bonds is 3. The van der Waals surface area contributed by atoms with Crippen LogP contribution >= 0.6 is 0 Å². The summed E-state index contributed by atoms with van der Waals surface area (Å²) in [5, 5.41) is 0.584. The van der Waals surface area contributed by atoms with E-state index in [1.807, 2.05) is 54.4 Å². The van der Waals surface area contributed by atoms with Gasteiger partial charge in [0.25, 0.3) is 11.6 Å². The molecule has 2 heterocycles. The Labute approximate surface area is 131 Å². The fourth-order valence-corrected chi connectivity index (χ4v) is 2.53. The van der Waals surface area contributed by atoms with Gasteiger partial charge in [-0.15, -0.1) is 0 Å². The SMILES string of the molecule is CN(Cc1nc2ccccc2c(=O)[nH]1)c1nc2ccccc2o1. The molecular formula is C17H14N4O2. The van der Waals surface area contributed by atoms with Gasteiger partial charge < -0.3 is 14.3 Å². The summed E-state index contributed by atoms with van der Waals surface area (Å²) in [6, 6.07) is 15.3. The minimum Gasteiger partial charge on any atom is -0.423 e. The van der Waals surface area contributed by atoms with Crippen LogP contribution in [0.15, 0.2) is 57.7 Å². The number of fused-ring (bicyclic) bond motifs is 2. The zero-order chi connectivity index (χ0) is 15.8. The van der Waals surface area contributed by atoms with Gasteiger partial charge in [0.1, 0.15) is 11.3 Å². The normalized spacial score (nSPS) is 11.2. The maximum atomic E-state index is 12.1. The predicted octanol–water partition coefficient (Wildman–Crippen LogP) is 2.70. The molecule has 2 aromatic heterocycles. The van der Waals surface area contributed by atoms with E-state index in [-0.39, 0.29) is 5.56 Å². The molecule has 0 fully saturated rings. The van der Waals surface area contributed by atoms with Crippen molar-refractivity contribution in [2.45, 2.75) is 6.54 Å². The first-order valence-corrected chi connectivity index (χ1v) is 7.25. The zero-order valence-corrected chi connectivity index (χ0v) is 12.5. The second-order valence-corrected chi connectivity index (χ2v) is 5.35. The number of anilines is 1. The molecule has 1 N–H and O–H groups in total. The monoisotopic (exact) mass is 306 g/mol. The molecule has 6 heteroatoms. The summed E-state index contributed by atoms with van der Waals surface area (Å²) >= 11 is 0. The van der Waals surface area contributed by atoms with E-state index in [9.17, 15) is 4.79 Å². The molecule has 4 aromatic rings. The van der Waals surface area contributed by atoms with Crippen molar-refractivity contribution >= 4 is 28.0 Å². The lowest BCUT2D eigenvalue weighted by Crippen LogP contribution is -2.21. The number of hydrogen-bond donors (Lipinski definition) is 1. The van der Waals surface area contributed by atoms with Crippen LogP contribution < -0.4 is 10.5 Å². The van der Waals surface area contributed by atoms with Gasteiger partial charge in [0.2, 0.25) is 0 Å². The Morgan fingerprint density at radius 1 is 1.04 bits per heavy atom. The van der Waals surface area contributed by atoms with Gasteiger partial charge in [0, 0.05) is 7.05 Å². The minimum atomic E-state index is -0.142. The number of nitrogens with one attached hydrogen (secondary N) is 1. The van der Waals surface area contributed by atoms with Crippen LogP contribution in [0.4, 0.5) is 6.01 Å². The van der Waals surface area contributed by atoms with E-state index >= 15 is 0 Å². The molecule has 4 rings (SSSR count). The highest BCUT2D eigenvalue weighted by atomic mass is 16.4. The fraction of sp³-hybridized carbons (Fsp3) is 0.118. The van der Waals surface area contributed by atoms with E-state index in [4.69, 9.17) is 4.42 Å². The van der Waals surface area contributed by atoms with Crippen molar-refractivity contribution in [1.29, 1.82) is 0 Å². The predicted molar refractivity (Wildman–Crippen MR) is 88.5 cm³/mol. The molecule has 0 aliphatic rings. The van der Waals surface area contributed by atoms with Crippen molar-refractivity contribution < 1.29 is 4.42 Å². The lowest BCUT2D eigenvalue weighted by Gasteiger charge is -2.13. The summed E-state index contributed by atoms with van der Waals surface area (Å²) in [7, 11) is 1.85. The first-order valence-electron chi connectivity index (χ1n) is 7.25. The van der Waals surface area contributed by atoms with Gasteiger partial charge in [0.15, 0.2) is 5.58 Å². The van der Waals surface area contributed by atoms with Crippen LogP contribution in [0.25, 0.3) is 22.0 Å². The van der Waals surface area contributed by atoms with Gasteiger partial charge in [-0.25, -0.2) is 4.98 Å². The number of aromatic nitrogens is 3. The molecule has 0 bridgehead atoms. The average molecular weight is 306 g/mol. The van der Waals surface area contributed by atoms with Gasteiger partial charge in [-0.05, 0) is 24.3 Å². The highest BCUT2D eigenvalue weighted by Crippen LogP contribution is 2.21. The third-order valence-electron chi connectivity index (χ3n) is 3.66. The first kappa shape index (κ1) is 13.5. The van der Waals surface area contributed by atoms with Crippen molar-refractivity contribution in [1.82, 2.24) is 15.0 Å². The van der Waals surface area contributed by atoms with Gasteiger partial charge in [0.05, 0.1) is 17.4 Å². The standard InChI is InChI=1S/C17H14N4O2/c1-21(17-19-13-8-4-5-9-14(13)23-17)10-15-18-12-7-3-2-6-11(12)16(22)20-15/h2-9H,10H2,1H3,(H,18,20,22). The molecule has 0 aliphatic carbocycles. The second-order valence-electron chi connectivity index (χ2n) is 5.35. The van der Waals surface area contributed by atoms with Crippen molar-refractivity contribution in [3.63, 3.8) is 0 Å². The lowest BCUT2D eigenvalue weighted by atomic mass is 10.2. The molecule has 0 atom stereocenters. The summed E-state index contributed by atoms with van der Waals surface area (Å²) in [5.41, 5.74) is 2.07. The fourth-order valence-electron chi connectivity index (χ4n) is 2.53. The van der Waals surface area contributed by atoms with Crippen molar-refractivity contribution in [3.05, 3.63) is 64.7 Å². The van der Waals surface area contributed by atoms with Gasteiger partial charge in [-0.3, -0.25) is 4.79 Å². The number of oxazole rings is 1. The smallest absolute Gasteiger partial charge is 0.298 e. The van der Waals surface area contributed by atoms with Gasteiger partial charge in [-0.1, -0.05) is 24.3 Å². The number of hydrogen-bond acceptors (Lipinski definition) is 5. The molecule has 2 aromatic carbocycles. The molecule has 0 saturated heterocycles. The minimum absolute atomic E-state index is 0.142. The number of benzene rings is 2. The van der Waals surface area contributed by atoms with Crippen LogP contribution in [0.5, 0.6) is 0 Å². The van der Waals surface area contributed by atoms with Crippen LogP contribution in [0.2, 0.25) is 0 Å². The zero-order valence-electron chi connectivity index (χ0n) is 12.5. The molecule has 114 valence electrons. The Bertz CT molecular complexity index is 1020. The van der Waals surface area contributed by atoms with Crippen LogP contribution in [0.3, 0.4) is 0 Å². The maximum Gasteiger partial charge on any atom is 0.298 e. The molecular weight excluding hydrogens is 292 g/mol. The third kappa shape index (κ3) is 2.44. The van der Waals surface area contributed by atoms with Crippen LogP contribution in [-0.2, 0) is 6.54 Å². The average Bonchev–Trinajstić information content (AvgIpc) is 2.99. The third-order valence-corrected chi connectivity index (χ3v) is 3.66. The second kappa shape index (κ2) is 5.24. The molecule has 0 saturated carbocycles. The Morgan fingerprint density at radius 2 is 1.78 bits per heavy atom. The number of aromatic amines is 1. The van der Waals surface area contributed by atoms with E-state index in [0.717, 1.165) is 11.1 Å². The Balaban J connectivity index is 1.68. The summed E-state index contributed by atoms with van der Waals surface area (Å²) in [5.74, 6) is 0.568. The molecule has 0 radical (unpaired) electrons. The van der Waals surface area contributed by atoms with Gasteiger partial charge >= 0.3 is 0 Å². The molecule has 0 aliphatic heterocycles. The topological polar surface area (TPSA) is 75.0 Å². The van der Waals surface area contributed by atoms with Crippen molar-refractivity contribution in [2.75, 3.05) is 11.9 Å². The van der Waals surface area contributed by atoms with E-state index in [1.165, 1.54) is 0 Å². The number of nitrogens with zero attached hydrogens (tertiary/aromatic N) is 3. The van der Waals surface area contributed by atoms with E-state index < -0.39 is 0 Å². The van der Waals surface area contributed by atoms with E-state index in [1.54, 1.807) is 6.07 Å². The van der Waals surface area contributed by atoms with Crippen LogP contribution in [0, 0.1) is 0 Å². The van der Waals surface area contributed by atoms with Gasteiger partial charge in [-0.2, -0.15) is 4.98 Å². The molecule has 0 unspecified atom stereocenters. The van der Waals surface area contributed by atoms with Crippen LogP contribution in [-0.4, -0.2) is 22.0 Å². The number of H-pyrrole nitrogens is 1. The molecule has 23 heavy (non-hydrogen) atoms. The molecule has 0 amide bonds. The Kier molecular flexibility index (Phi) is 3.08. The Hall–Kier alpha value is -3.15. The molecule has 6 nitrogen and oxygen atoms in total. The highest BCUT2D eigenvalue weighted by Gasteiger charge is 2.12. The summed E-state index contributed by atoms with van der Waals surface area (Å²) in [4.78, 5) is 25.6. The van der Waals surface area contributed by atoms with Crippen molar-refractivity contribution in [3.8, 4) is 0 Å². The lowest BCUT2D eigenvalue weighted by molar-refractivity contribution is 0.578. The quantitative estimate of drug-likeness (QED) is 0.630. The highest BCUT2D eigenvalue weighted by molar-refractivity contribution is 5.77. The summed E-state index contributed by atoms with van der Waals surface area (Å²) in [6.45, 7) is 0.396. The maximum absolute atomic E-state index is 12.1. The first-order chi connectivity index (χ1) is 11.2. The van der Waals surface area contributed by atoms with Crippen molar-refractivity contribution in [2.24, 2.45) is 0 Å². The van der Waals surface area contributed by atoms with Crippen LogP contribution in [0.1, 0.15) is 5.82 Å².